The number of aryl methyl sites for hydroxylation is 1. The summed E-state index contributed by atoms with van der Waals surface area (Å²) in [5, 5.41) is 0. The molecule has 0 atom stereocenters. The summed E-state index contributed by atoms with van der Waals surface area (Å²) in [5.41, 5.74) is 7.74. The Morgan fingerprint density at radius 2 is 1.89 bits per heavy atom. The molecule has 0 unspecified atom stereocenters. The number of nitrogens with two attached hydrogens (primary N) is 1. The van der Waals surface area contributed by atoms with Crippen molar-refractivity contribution in [1.82, 2.24) is 0 Å². The Morgan fingerprint density at radius 1 is 1.21 bits per heavy atom. The van der Waals surface area contributed by atoms with Crippen molar-refractivity contribution >= 4 is 17.3 Å². The molecule has 0 saturated carbocycles. The predicted octanol–water partition coefficient (Wildman–Crippen LogP) is 2.99. The van der Waals surface area contributed by atoms with Crippen molar-refractivity contribution in [2.75, 3.05) is 17.7 Å². The number of hydrogen-bond donors (Lipinski definition) is 1. The van der Waals surface area contributed by atoms with E-state index in [2.05, 4.69) is 0 Å². The van der Waals surface area contributed by atoms with Gasteiger partial charge in [0.2, 0.25) is 0 Å². The maximum Gasteiger partial charge on any atom is 0.261 e. The molecule has 2 rings (SSSR count). The Morgan fingerprint density at radius 3 is 2.58 bits per heavy atom. The lowest BCUT2D eigenvalue weighted by molar-refractivity contribution is 0.0989. The number of nitrogen functional groups attached to an aromatic ring is 1. The number of carbonyl (C=O) groups is 1. The first kappa shape index (κ1) is 13.1. The fraction of sp³-hybridized carbons (Fsp3) is 0.133. The molecule has 19 heavy (non-hydrogen) atoms. The normalized spacial score (nSPS) is 10.3. The summed E-state index contributed by atoms with van der Waals surface area (Å²) >= 11 is 0. The van der Waals surface area contributed by atoms with E-state index in [0.29, 0.717) is 11.4 Å². The van der Waals surface area contributed by atoms with Crippen LogP contribution in [0.3, 0.4) is 0 Å². The highest BCUT2D eigenvalue weighted by Gasteiger charge is 2.18. The fourth-order valence-electron chi connectivity index (χ4n) is 1.89. The van der Waals surface area contributed by atoms with Crippen LogP contribution in [0, 0.1) is 12.7 Å². The van der Waals surface area contributed by atoms with Gasteiger partial charge in [-0.25, -0.2) is 4.39 Å². The Balaban J connectivity index is 2.39. The third-order valence-electron chi connectivity index (χ3n) is 2.96. The van der Waals surface area contributed by atoms with Gasteiger partial charge in [0.05, 0.1) is 16.9 Å². The van der Waals surface area contributed by atoms with Crippen molar-refractivity contribution < 1.29 is 9.18 Å². The van der Waals surface area contributed by atoms with Crippen LogP contribution in [0.15, 0.2) is 42.5 Å². The molecule has 0 saturated heterocycles. The monoisotopic (exact) mass is 258 g/mol. The lowest BCUT2D eigenvalue weighted by Gasteiger charge is -2.19. The van der Waals surface area contributed by atoms with Crippen molar-refractivity contribution in [2.45, 2.75) is 6.92 Å². The zero-order valence-corrected chi connectivity index (χ0v) is 10.9. The van der Waals surface area contributed by atoms with Gasteiger partial charge in [0.1, 0.15) is 5.82 Å². The highest BCUT2D eigenvalue weighted by molar-refractivity contribution is 6.07. The first-order valence-corrected chi connectivity index (χ1v) is 5.89. The SMILES string of the molecule is Cc1ccc(F)c(C(=O)N(C)c2ccccc2N)c1. The summed E-state index contributed by atoms with van der Waals surface area (Å²) in [4.78, 5) is 13.7. The standard InChI is InChI=1S/C15H15FN2O/c1-10-7-8-12(16)11(9-10)15(19)18(2)14-6-4-3-5-13(14)17/h3-9H,17H2,1-2H3. The average molecular weight is 258 g/mol. The van der Waals surface area contributed by atoms with E-state index in [-0.39, 0.29) is 5.56 Å². The van der Waals surface area contributed by atoms with Crippen LogP contribution in [-0.4, -0.2) is 13.0 Å². The van der Waals surface area contributed by atoms with E-state index in [1.807, 2.05) is 6.92 Å². The number of hydrogen-bond acceptors (Lipinski definition) is 2. The van der Waals surface area contributed by atoms with Crippen LogP contribution in [-0.2, 0) is 0 Å². The molecule has 0 aliphatic rings. The minimum absolute atomic E-state index is 0.0470. The maximum absolute atomic E-state index is 13.7. The van der Waals surface area contributed by atoms with E-state index in [1.165, 1.54) is 17.0 Å². The Kier molecular flexibility index (Phi) is 3.51. The topological polar surface area (TPSA) is 46.3 Å². The van der Waals surface area contributed by atoms with E-state index < -0.39 is 11.7 Å². The summed E-state index contributed by atoms with van der Waals surface area (Å²) in [6, 6.07) is 11.4. The van der Waals surface area contributed by atoms with Gasteiger partial charge in [-0.15, -0.1) is 0 Å². The lowest BCUT2D eigenvalue weighted by atomic mass is 10.1. The smallest absolute Gasteiger partial charge is 0.261 e. The second-order valence-electron chi connectivity index (χ2n) is 4.41. The zero-order chi connectivity index (χ0) is 14.0. The van der Waals surface area contributed by atoms with Crippen molar-refractivity contribution in [1.29, 1.82) is 0 Å². The minimum Gasteiger partial charge on any atom is -0.397 e. The molecule has 0 aliphatic heterocycles. The van der Waals surface area contributed by atoms with Gasteiger partial charge in [-0.3, -0.25) is 4.79 Å². The van der Waals surface area contributed by atoms with Gasteiger partial charge in [-0.05, 0) is 31.2 Å². The molecule has 2 aromatic rings. The number of benzene rings is 2. The molecule has 1 amide bonds. The van der Waals surface area contributed by atoms with Crippen LogP contribution in [0.4, 0.5) is 15.8 Å². The summed E-state index contributed by atoms with van der Waals surface area (Å²) < 4.78 is 13.7. The number of carbonyl (C=O) groups excluding carboxylic acids is 1. The summed E-state index contributed by atoms with van der Waals surface area (Å²) in [7, 11) is 1.58. The van der Waals surface area contributed by atoms with Gasteiger partial charge in [0, 0.05) is 7.05 Å². The zero-order valence-electron chi connectivity index (χ0n) is 10.9. The number of para-hydroxylation sites is 2. The molecule has 2 aromatic carbocycles. The van der Waals surface area contributed by atoms with Crippen LogP contribution in [0.2, 0.25) is 0 Å². The van der Waals surface area contributed by atoms with Crippen LogP contribution < -0.4 is 10.6 Å². The second kappa shape index (κ2) is 5.10. The van der Waals surface area contributed by atoms with Crippen molar-refractivity contribution in [3.8, 4) is 0 Å². The number of rotatable bonds is 2. The average Bonchev–Trinajstić information content (AvgIpc) is 2.40. The third-order valence-corrected chi connectivity index (χ3v) is 2.96. The Labute approximate surface area is 111 Å². The van der Waals surface area contributed by atoms with Gasteiger partial charge in [0.25, 0.3) is 5.91 Å². The first-order chi connectivity index (χ1) is 9.00. The van der Waals surface area contributed by atoms with E-state index in [0.717, 1.165) is 5.56 Å². The molecular formula is C15H15FN2O. The molecule has 0 aromatic heterocycles. The van der Waals surface area contributed by atoms with Crippen molar-refractivity contribution in [3.63, 3.8) is 0 Å². The molecule has 0 aliphatic carbocycles. The van der Waals surface area contributed by atoms with Crippen molar-refractivity contribution in [3.05, 3.63) is 59.4 Å². The van der Waals surface area contributed by atoms with Crippen LogP contribution in [0.5, 0.6) is 0 Å². The molecule has 0 bridgehead atoms. The molecule has 0 spiro atoms. The number of amides is 1. The minimum atomic E-state index is -0.531. The molecular weight excluding hydrogens is 243 g/mol. The summed E-state index contributed by atoms with van der Waals surface area (Å²) in [5.74, 6) is -0.948. The molecule has 98 valence electrons. The fourth-order valence-corrected chi connectivity index (χ4v) is 1.89. The summed E-state index contributed by atoms with van der Waals surface area (Å²) in [6.45, 7) is 1.81. The van der Waals surface area contributed by atoms with E-state index in [4.69, 9.17) is 5.73 Å². The predicted molar refractivity (Wildman–Crippen MR) is 74.7 cm³/mol. The quantitative estimate of drug-likeness (QED) is 0.842. The Bertz CT molecular complexity index is 625. The molecule has 4 heteroatoms. The second-order valence-corrected chi connectivity index (χ2v) is 4.41. The molecule has 2 N–H and O–H groups in total. The molecule has 0 fully saturated rings. The van der Waals surface area contributed by atoms with Gasteiger partial charge < -0.3 is 10.6 Å². The first-order valence-electron chi connectivity index (χ1n) is 5.89. The van der Waals surface area contributed by atoms with Crippen molar-refractivity contribution in [2.24, 2.45) is 0 Å². The third kappa shape index (κ3) is 2.57. The van der Waals surface area contributed by atoms with Crippen LogP contribution >= 0.6 is 0 Å². The largest absolute Gasteiger partial charge is 0.397 e. The summed E-state index contributed by atoms with van der Waals surface area (Å²) in [6.07, 6.45) is 0. The molecule has 3 nitrogen and oxygen atoms in total. The van der Waals surface area contributed by atoms with E-state index in [1.54, 1.807) is 37.4 Å². The maximum atomic E-state index is 13.7. The highest BCUT2D eigenvalue weighted by Crippen LogP contribution is 2.23. The van der Waals surface area contributed by atoms with Gasteiger partial charge >= 0.3 is 0 Å². The van der Waals surface area contributed by atoms with Crippen LogP contribution in [0.25, 0.3) is 0 Å². The number of nitrogens with zero attached hydrogens (tertiary/aromatic N) is 1. The number of anilines is 2. The number of halogens is 1. The van der Waals surface area contributed by atoms with Gasteiger partial charge in [0.15, 0.2) is 0 Å². The van der Waals surface area contributed by atoms with Gasteiger partial charge in [-0.1, -0.05) is 23.8 Å². The highest BCUT2D eigenvalue weighted by atomic mass is 19.1. The lowest BCUT2D eigenvalue weighted by Crippen LogP contribution is -2.27. The molecule has 0 radical (unpaired) electrons. The Hall–Kier alpha value is -2.36. The van der Waals surface area contributed by atoms with E-state index in [9.17, 15) is 9.18 Å². The molecule has 0 heterocycles. The van der Waals surface area contributed by atoms with E-state index >= 15 is 0 Å². The van der Waals surface area contributed by atoms with Crippen LogP contribution in [0.1, 0.15) is 15.9 Å². The van der Waals surface area contributed by atoms with Gasteiger partial charge in [-0.2, -0.15) is 0 Å².